The standard InChI is InChI=1S/C23H25N3O3/c1-28-20-9-6-18(7-10-20)15-26-23(27)19-8-11-22(25-16-19)24-13-12-17-4-3-5-21(14-17)29-2/h3-11,14,16H,12-13,15H2,1-2H3,(H,24,25)(H,26,27). The number of amides is 1. The number of rotatable bonds is 9. The first-order valence-corrected chi connectivity index (χ1v) is 9.42. The van der Waals surface area contributed by atoms with Gasteiger partial charge in [-0.25, -0.2) is 4.98 Å². The number of hydrogen-bond acceptors (Lipinski definition) is 5. The number of nitrogens with zero attached hydrogens (tertiary/aromatic N) is 1. The molecule has 0 bridgehead atoms. The zero-order chi connectivity index (χ0) is 20.5. The van der Waals surface area contributed by atoms with Crippen LogP contribution >= 0.6 is 0 Å². The molecule has 1 amide bonds. The van der Waals surface area contributed by atoms with Crippen LogP contribution in [0.4, 0.5) is 5.82 Å². The van der Waals surface area contributed by atoms with E-state index in [0.29, 0.717) is 12.1 Å². The molecule has 0 aliphatic heterocycles. The normalized spacial score (nSPS) is 10.3. The first-order chi connectivity index (χ1) is 14.2. The Kier molecular flexibility index (Phi) is 7.05. The Bertz CT molecular complexity index is 925. The van der Waals surface area contributed by atoms with Gasteiger partial charge in [-0.05, 0) is 53.9 Å². The number of nitrogens with one attached hydrogen (secondary N) is 2. The summed E-state index contributed by atoms with van der Waals surface area (Å²) in [6.07, 6.45) is 2.43. The second-order valence-corrected chi connectivity index (χ2v) is 6.49. The summed E-state index contributed by atoms with van der Waals surface area (Å²) in [5.41, 5.74) is 2.71. The molecule has 0 atom stereocenters. The molecule has 0 unspecified atom stereocenters. The average molecular weight is 391 g/mol. The van der Waals surface area contributed by atoms with Gasteiger partial charge in [0, 0.05) is 19.3 Å². The van der Waals surface area contributed by atoms with Crippen molar-refractivity contribution < 1.29 is 14.3 Å². The molecular formula is C23H25N3O3. The van der Waals surface area contributed by atoms with E-state index in [-0.39, 0.29) is 5.91 Å². The predicted octanol–water partition coefficient (Wildman–Crippen LogP) is 3.68. The maximum Gasteiger partial charge on any atom is 0.253 e. The van der Waals surface area contributed by atoms with E-state index >= 15 is 0 Å². The summed E-state index contributed by atoms with van der Waals surface area (Å²) in [4.78, 5) is 16.6. The van der Waals surface area contributed by atoms with E-state index in [0.717, 1.165) is 35.8 Å². The quantitative estimate of drug-likeness (QED) is 0.582. The lowest BCUT2D eigenvalue weighted by molar-refractivity contribution is 0.0950. The van der Waals surface area contributed by atoms with Crippen molar-refractivity contribution in [1.82, 2.24) is 10.3 Å². The molecule has 0 saturated heterocycles. The van der Waals surface area contributed by atoms with Gasteiger partial charge >= 0.3 is 0 Å². The molecule has 1 heterocycles. The highest BCUT2D eigenvalue weighted by Crippen LogP contribution is 2.14. The topological polar surface area (TPSA) is 72.5 Å². The van der Waals surface area contributed by atoms with Crippen LogP contribution in [0, 0.1) is 0 Å². The minimum Gasteiger partial charge on any atom is -0.497 e. The first kappa shape index (κ1) is 20.2. The molecule has 0 spiro atoms. The number of hydrogen-bond donors (Lipinski definition) is 2. The number of carbonyl (C=O) groups is 1. The molecule has 0 aliphatic carbocycles. The zero-order valence-electron chi connectivity index (χ0n) is 16.6. The Morgan fingerprint density at radius 3 is 2.41 bits per heavy atom. The predicted molar refractivity (Wildman–Crippen MR) is 114 cm³/mol. The SMILES string of the molecule is COc1ccc(CNC(=O)c2ccc(NCCc3cccc(OC)c3)nc2)cc1. The van der Waals surface area contributed by atoms with Gasteiger partial charge in [0.15, 0.2) is 0 Å². The van der Waals surface area contributed by atoms with Gasteiger partial charge in [0.2, 0.25) is 0 Å². The summed E-state index contributed by atoms with van der Waals surface area (Å²) in [5.74, 6) is 2.22. The van der Waals surface area contributed by atoms with Crippen molar-refractivity contribution in [3.8, 4) is 11.5 Å². The van der Waals surface area contributed by atoms with Crippen molar-refractivity contribution in [2.24, 2.45) is 0 Å². The Labute approximate surface area is 170 Å². The van der Waals surface area contributed by atoms with E-state index in [4.69, 9.17) is 9.47 Å². The van der Waals surface area contributed by atoms with E-state index < -0.39 is 0 Å². The maximum atomic E-state index is 12.3. The van der Waals surface area contributed by atoms with Gasteiger partial charge in [0.25, 0.3) is 5.91 Å². The van der Waals surface area contributed by atoms with Gasteiger partial charge in [-0.1, -0.05) is 24.3 Å². The summed E-state index contributed by atoms with van der Waals surface area (Å²) in [5, 5.41) is 6.17. The number of methoxy groups -OCH3 is 2. The van der Waals surface area contributed by atoms with Crippen LogP contribution in [0.15, 0.2) is 66.9 Å². The second-order valence-electron chi connectivity index (χ2n) is 6.49. The first-order valence-electron chi connectivity index (χ1n) is 9.42. The van der Waals surface area contributed by atoms with Gasteiger partial charge in [0.1, 0.15) is 17.3 Å². The monoisotopic (exact) mass is 391 g/mol. The summed E-state index contributed by atoms with van der Waals surface area (Å²) >= 11 is 0. The van der Waals surface area contributed by atoms with Crippen LogP contribution in [0.25, 0.3) is 0 Å². The molecule has 6 heteroatoms. The highest BCUT2D eigenvalue weighted by atomic mass is 16.5. The van der Waals surface area contributed by atoms with E-state index in [1.54, 1.807) is 26.5 Å². The van der Waals surface area contributed by atoms with Gasteiger partial charge in [0.05, 0.1) is 19.8 Å². The molecule has 0 aliphatic rings. The maximum absolute atomic E-state index is 12.3. The van der Waals surface area contributed by atoms with Crippen molar-refractivity contribution in [1.29, 1.82) is 0 Å². The molecule has 29 heavy (non-hydrogen) atoms. The summed E-state index contributed by atoms with van der Waals surface area (Å²) in [6.45, 7) is 1.19. The van der Waals surface area contributed by atoms with Crippen molar-refractivity contribution in [3.05, 3.63) is 83.6 Å². The second kappa shape index (κ2) is 10.1. The Morgan fingerprint density at radius 1 is 0.931 bits per heavy atom. The van der Waals surface area contributed by atoms with Crippen molar-refractivity contribution in [3.63, 3.8) is 0 Å². The molecule has 2 N–H and O–H groups in total. The van der Waals surface area contributed by atoms with Crippen LogP contribution in [0.5, 0.6) is 11.5 Å². The van der Waals surface area contributed by atoms with Crippen LogP contribution < -0.4 is 20.1 Å². The third kappa shape index (κ3) is 5.97. The van der Waals surface area contributed by atoms with E-state index in [1.165, 1.54) is 5.56 Å². The number of carbonyl (C=O) groups excluding carboxylic acids is 1. The van der Waals surface area contributed by atoms with Crippen LogP contribution in [0.2, 0.25) is 0 Å². The lowest BCUT2D eigenvalue weighted by Gasteiger charge is -2.09. The van der Waals surface area contributed by atoms with Gasteiger partial charge in [-0.15, -0.1) is 0 Å². The molecular weight excluding hydrogens is 366 g/mol. The van der Waals surface area contributed by atoms with Gasteiger partial charge < -0.3 is 20.1 Å². The van der Waals surface area contributed by atoms with Gasteiger partial charge in [-0.2, -0.15) is 0 Å². The molecule has 6 nitrogen and oxygen atoms in total. The molecule has 0 fully saturated rings. The van der Waals surface area contributed by atoms with E-state index in [2.05, 4.69) is 21.7 Å². The molecule has 0 saturated carbocycles. The van der Waals surface area contributed by atoms with Crippen LogP contribution in [-0.2, 0) is 13.0 Å². The van der Waals surface area contributed by atoms with Crippen molar-refractivity contribution in [2.75, 3.05) is 26.1 Å². The highest BCUT2D eigenvalue weighted by Gasteiger charge is 2.06. The number of aromatic nitrogens is 1. The molecule has 150 valence electrons. The number of benzene rings is 2. The van der Waals surface area contributed by atoms with E-state index in [1.807, 2.05) is 48.5 Å². The van der Waals surface area contributed by atoms with Crippen molar-refractivity contribution >= 4 is 11.7 Å². The van der Waals surface area contributed by atoms with Crippen LogP contribution in [0.1, 0.15) is 21.5 Å². The Hall–Kier alpha value is -3.54. The number of ether oxygens (including phenoxy) is 2. The molecule has 2 aromatic carbocycles. The average Bonchev–Trinajstić information content (AvgIpc) is 2.78. The van der Waals surface area contributed by atoms with Crippen LogP contribution in [0.3, 0.4) is 0 Å². The summed E-state index contributed by atoms with van der Waals surface area (Å²) in [6, 6.07) is 19.2. The lowest BCUT2D eigenvalue weighted by Crippen LogP contribution is -2.23. The minimum atomic E-state index is -0.156. The fraction of sp³-hybridized carbons (Fsp3) is 0.217. The summed E-state index contributed by atoms with van der Waals surface area (Å²) in [7, 11) is 3.29. The number of pyridine rings is 1. The minimum absolute atomic E-state index is 0.156. The molecule has 3 rings (SSSR count). The summed E-state index contributed by atoms with van der Waals surface area (Å²) < 4.78 is 10.4. The fourth-order valence-corrected chi connectivity index (χ4v) is 2.82. The fourth-order valence-electron chi connectivity index (χ4n) is 2.82. The van der Waals surface area contributed by atoms with Gasteiger partial charge in [-0.3, -0.25) is 4.79 Å². The van der Waals surface area contributed by atoms with E-state index in [9.17, 15) is 4.79 Å². The molecule has 3 aromatic rings. The van der Waals surface area contributed by atoms with Crippen LogP contribution in [-0.4, -0.2) is 31.7 Å². The van der Waals surface area contributed by atoms with Crippen molar-refractivity contribution in [2.45, 2.75) is 13.0 Å². The molecule has 1 aromatic heterocycles. The third-order valence-electron chi connectivity index (χ3n) is 4.49. The number of anilines is 1. The molecule has 0 radical (unpaired) electrons. The Balaban J connectivity index is 1.46. The third-order valence-corrected chi connectivity index (χ3v) is 4.49. The zero-order valence-corrected chi connectivity index (χ0v) is 16.6. The lowest BCUT2D eigenvalue weighted by atomic mass is 10.1. The largest absolute Gasteiger partial charge is 0.497 e. The highest BCUT2D eigenvalue weighted by molar-refractivity contribution is 5.94. The Morgan fingerprint density at radius 2 is 1.72 bits per heavy atom. The smallest absolute Gasteiger partial charge is 0.253 e.